The molecule has 3 heterocycles. The molecule has 2 unspecified atom stereocenters. The van der Waals surface area contributed by atoms with Crippen molar-refractivity contribution in [1.82, 2.24) is 9.97 Å². The number of alkyl halides is 2. The van der Waals surface area contributed by atoms with Gasteiger partial charge in [0.2, 0.25) is 0 Å². The topological polar surface area (TPSA) is 46.1 Å². The number of ketones is 1. The molecule has 4 nitrogen and oxygen atoms in total. The number of Topliss-reactive ketones (excluding diaryl/α,β-unsaturated/α-hetero) is 1. The Bertz CT molecular complexity index is 510. The average molecular weight is 288 g/mol. The van der Waals surface area contributed by atoms with E-state index >= 15 is 0 Å². The number of piperidine rings is 1. The van der Waals surface area contributed by atoms with Crippen molar-refractivity contribution in [1.29, 1.82) is 0 Å². The van der Waals surface area contributed by atoms with Crippen LogP contribution in [0.15, 0.2) is 6.20 Å². The normalized spacial score (nSPS) is 26.3. The zero-order chi connectivity index (χ0) is 13.6. The maximum Gasteiger partial charge on any atom is 0.283 e. The monoisotopic (exact) mass is 287 g/mol. The van der Waals surface area contributed by atoms with E-state index in [0.717, 1.165) is 12.8 Å². The van der Waals surface area contributed by atoms with Crippen LogP contribution in [0.3, 0.4) is 0 Å². The van der Waals surface area contributed by atoms with Crippen molar-refractivity contribution in [2.45, 2.75) is 44.2 Å². The van der Waals surface area contributed by atoms with Crippen molar-refractivity contribution in [2.75, 3.05) is 4.90 Å². The van der Waals surface area contributed by atoms with Gasteiger partial charge in [0.25, 0.3) is 6.43 Å². The molecule has 1 aromatic rings. The van der Waals surface area contributed by atoms with Gasteiger partial charge in [-0.3, -0.25) is 4.79 Å². The minimum atomic E-state index is -2.73. The second kappa shape index (κ2) is 4.67. The second-order valence-corrected chi connectivity index (χ2v) is 5.30. The van der Waals surface area contributed by atoms with Crippen LogP contribution in [0.5, 0.6) is 0 Å². The summed E-state index contributed by atoms with van der Waals surface area (Å²) in [5.41, 5.74) is -0.495. The fraction of sp³-hybridized carbons (Fsp3) is 0.583. The third-order valence-corrected chi connectivity index (χ3v) is 4.04. The quantitative estimate of drug-likeness (QED) is 0.839. The number of carbonyl (C=O) groups excluding carboxylic acids is 1. The molecule has 19 heavy (non-hydrogen) atoms. The molecule has 0 radical (unpaired) electrons. The van der Waals surface area contributed by atoms with Crippen molar-refractivity contribution >= 4 is 23.2 Å². The fourth-order valence-electron chi connectivity index (χ4n) is 2.98. The van der Waals surface area contributed by atoms with Crippen molar-refractivity contribution in [3.8, 4) is 0 Å². The van der Waals surface area contributed by atoms with Crippen LogP contribution in [0.4, 0.5) is 14.6 Å². The van der Waals surface area contributed by atoms with Crippen molar-refractivity contribution in [3.63, 3.8) is 0 Å². The number of carbonyl (C=O) groups is 1. The van der Waals surface area contributed by atoms with Gasteiger partial charge in [-0.05, 0) is 12.8 Å². The van der Waals surface area contributed by atoms with Gasteiger partial charge in [-0.1, -0.05) is 11.6 Å². The van der Waals surface area contributed by atoms with Crippen molar-refractivity contribution in [2.24, 2.45) is 0 Å². The number of anilines is 1. The molecule has 2 fully saturated rings. The Hall–Kier alpha value is -1.30. The molecular formula is C12H12ClF2N3O. The molecule has 7 heteroatoms. The van der Waals surface area contributed by atoms with Gasteiger partial charge < -0.3 is 4.90 Å². The molecule has 2 bridgehead atoms. The molecule has 102 valence electrons. The lowest BCUT2D eigenvalue weighted by atomic mass is 10.0. The molecule has 0 amide bonds. The molecule has 0 N–H and O–H groups in total. The summed E-state index contributed by atoms with van der Waals surface area (Å²) >= 11 is 5.74. The van der Waals surface area contributed by atoms with E-state index in [9.17, 15) is 13.6 Å². The van der Waals surface area contributed by atoms with E-state index < -0.39 is 12.1 Å². The van der Waals surface area contributed by atoms with E-state index in [1.54, 1.807) is 0 Å². The molecule has 0 aromatic carbocycles. The van der Waals surface area contributed by atoms with E-state index in [-0.39, 0.29) is 23.0 Å². The Balaban J connectivity index is 1.91. The molecule has 2 saturated heterocycles. The molecule has 0 spiro atoms. The summed E-state index contributed by atoms with van der Waals surface area (Å²) < 4.78 is 25.1. The van der Waals surface area contributed by atoms with Crippen LogP contribution in [-0.4, -0.2) is 27.8 Å². The third-order valence-electron chi connectivity index (χ3n) is 3.76. The molecule has 2 atom stereocenters. The summed E-state index contributed by atoms with van der Waals surface area (Å²) in [6, 6.07) is 0.211. The smallest absolute Gasteiger partial charge is 0.283 e. The highest BCUT2D eigenvalue weighted by Crippen LogP contribution is 2.37. The number of hydrogen-bond acceptors (Lipinski definition) is 4. The van der Waals surface area contributed by atoms with Crippen molar-refractivity contribution in [3.05, 3.63) is 17.0 Å². The standard InChI is InChI=1S/C12H12ClF2N3O/c13-11-10(12(14)15)16-5-9(17-11)18-6-1-2-7(18)4-8(19)3-6/h5-7,12H,1-4H2. The number of aromatic nitrogens is 2. The molecule has 3 rings (SSSR count). The first-order chi connectivity index (χ1) is 9.06. The number of rotatable bonds is 2. The first-order valence-electron chi connectivity index (χ1n) is 6.17. The van der Waals surface area contributed by atoms with Crippen LogP contribution >= 0.6 is 11.6 Å². The summed E-state index contributed by atoms with van der Waals surface area (Å²) in [7, 11) is 0. The summed E-state index contributed by atoms with van der Waals surface area (Å²) in [6.07, 6.45) is 1.43. The highest BCUT2D eigenvalue weighted by atomic mass is 35.5. The zero-order valence-corrected chi connectivity index (χ0v) is 10.8. The fourth-order valence-corrected chi connectivity index (χ4v) is 3.20. The largest absolute Gasteiger partial charge is 0.348 e. The minimum Gasteiger partial charge on any atom is -0.348 e. The van der Waals surface area contributed by atoms with Crippen LogP contribution in [0, 0.1) is 0 Å². The van der Waals surface area contributed by atoms with Crippen LogP contribution in [0.1, 0.15) is 37.8 Å². The van der Waals surface area contributed by atoms with Crippen molar-refractivity contribution < 1.29 is 13.6 Å². The van der Waals surface area contributed by atoms with Crippen LogP contribution in [0.25, 0.3) is 0 Å². The highest BCUT2D eigenvalue weighted by Gasteiger charge is 2.41. The molecule has 1 aromatic heterocycles. The lowest BCUT2D eigenvalue weighted by molar-refractivity contribution is -0.120. The lowest BCUT2D eigenvalue weighted by Crippen LogP contribution is -2.43. The molecular weight excluding hydrogens is 276 g/mol. The SMILES string of the molecule is O=C1CC2CCC(C1)N2c1cnc(C(F)F)c(Cl)n1. The first-order valence-corrected chi connectivity index (χ1v) is 6.54. The Labute approximate surface area is 113 Å². The maximum atomic E-state index is 12.6. The van der Waals surface area contributed by atoms with Gasteiger partial charge >= 0.3 is 0 Å². The lowest BCUT2D eigenvalue weighted by Gasteiger charge is -2.34. The summed E-state index contributed by atoms with van der Waals surface area (Å²) in [4.78, 5) is 21.3. The van der Waals surface area contributed by atoms with E-state index in [0.29, 0.717) is 18.7 Å². The zero-order valence-electron chi connectivity index (χ0n) is 10.0. The van der Waals surface area contributed by atoms with Gasteiger partial charge in [0.1, 0.15) is 17.3 Å². The maximum absolute atomic E-state index is 12.6. The Morgan fingerprint density at radius 1 is 1.32 bits per heavy atom. The van der Waals surface area contributed by atoms with Gasteiger partial charge in [0.15, 0.2) is 5.15 Å². The van der Waals surface area contributed by atoms with E-state index in [4.69, 9.17) is 11.6 Å². The Morgan fingerprint density at radius 3 is 2.47 bits per heavy atom. The van der Waals surface area contributed by atoms with Gasteiger partial charge in [0.05, 0.1) is 6.20 Å². The van der Waals surface area contributed by atoms with Gasteiger partial charge in [-0.15, -0.1) is 0 Å². The second-order valence-electron chi connectivity index (χ2n) is 4.94. The molecule has 2 aliphatic heterocycles. The molecule has 2 aliphatic rings. The van der Waals surface area contributed by atoms with E-state index in [1.165, 1.54) is 6.20 Å². The molecule has 0 aliphatic carbocycles. The Kier molecular flexibility index (Phi) is 3.12. The number of nitrogens with zero attached hydrogens (tertiary/aromatic N) is 3. The van der Waals surface area contributed by atoms with Crippen LogP contribution in [-0.2, 0) is 4.79 Å². The third kappa shape index (κ3) is 2.18. The average Bonchev–Trinajstić information content (AvgIpc) is 2.61. The predicted molar refractivity (Wildman–Crippen MR) is 65.5 cm³/mol. The highest BCUT2D eigenvalue weighted by molar-refractivity contribution is 6.30. The Morgan fingerprint density at radius 2 is 1.95 bits per heavy atom. The number of hydrogen-bond donors (Lipinski definition) is 0. The van der Waals surface area contributed by atoms with Gasteiger partial charge in [0, 0.05) is 24.9 Å². The summed E-state index contributed by atoms with van der Waals surface area (Å²) in [5.74, 6) is 0.751. The van der Waals surface area contributed by atoms with Crippen LogP contribution in [0.2, 0.25) is 5.15 Å². The minimum absolute atomic E-state index is 0.106. The number of halogens is 3. The van der Waals surface area contributed by atoms with Crippen LogP contribution < -0.4 is 4.90 Å². The number of fused-ring (bicyclic) bond motifs is 2. The van der Waals surface area contributed by atoms with Gasteiger partial charge in [-0.2, -0.15) is 0 Å². The van der Waals surface area contributed by atoms with E-state index in [2.05, 4.69) is 9.97 Å². The van der Waals surface area contributed by atoms with Gasteiger partial charge in [-0.25, -0.2) is 18.7 Å². The first kappa shape index (κ1) is 12.7. The molecule has 0 saturated carbocycles. The summed E-state index contributed by atoms with van der Waals surface area (Å²) in [5, 5.41) is -0.260. The summed E-state index contributed by atoms with van der Waals surface area (Å²) in [6.45, 7) is 0. The predicted octanol–water partition coefficient (Wildman–Crippen LogP) is 2.77. The van der Waals surface area contributed by atoms with E-state index in [1.807, 2.05) is 4.90 Å².